The summed E-state index contributed by atoms with van der Waals surface area (Å²) in [4.78, 5) is 4.16. The second-order valence-corrected chi connectivity index (χ2v) is 5.02. The largest absolute Gasteiger partial charge is 0.359 e. The van der Waals surface area contributed by atoms with Gasteiger partial charge in [-0.3, -0.25) is 4.99 Å². The fourth-order valence-electron chi connectivity index (χ4n) is 2.59. The summed E-state index contributed by atoms with van der Waals surface area (Å²) in [7, 11) is 3.69. The van der Waals surface area contributed by atoms with Crippen molar-refractivity contribution in [3.8, 4) is 0 Å². The van der Waals surface area contributed by atoms with Gasteiger partial charge < -0.3 is 10.6 Å². The first-order valence-corrected chi connectivity index (χ1v) is 6.71. The lowest BCUT2D eigenvalue weighted by atomic mass is 10.0. The Morgan fingerprint density at radius 1 is 1.16 bits per heavy atom. The summed E-state index contributed by atoms with van der Waals surface area (Å²) in [5.74, 6) is 1.47. The first kappa shape index (κ1) is 12.0. The van der Waals surface area contributed by atoms with Gasteiger partial charge in [-0.2, -0.15) is 0 Å². The maximum atomic E-state index is 4.16. The molecule has 2 atom stereocenters. The van der Waals surface area contributed by atoms with Gasteiger partial charge in [0, 0.05) is 26.1 Å². The van der Waals surface area contributed by atoms with Crippen molar-refractivity contribution in [1.82, 2.24) is 10.6 Å². The SMILES string of the molecule is CN=C(NC)N[C@@H]1C[C@H]1c1ccc2ccccc2c1. The van der Waals surface area contributed by atoms with Crippen LogP contribution < -0.4 is 10.6 Å². The van der Waals surface area contributed by atoms with Gasteiger partial charge in [-0.25, -0.2) is 0 Å². The Hall–Kier alpha value is -2.03. The van der Waals surface area contributed by atoms with E-state index in [9.17, 15) is 0 Å². The fourth-order valence-corrected chi connectivity index (χ4v) is 2.59. The minimum Gasteiger partial charge on any atom is -0.359 e. The minimum absolute atomic E-state index is 0.507. The van der Waals surface area contributed by atoms with Crippen LogP contribution in [-0.4, -0.2) is 26.1 Å². The van der Waals surface area contributed by atoms with Gasteiger partial charge in [-0.05, 0) is 22.8 Å². The summed E-state index contributed by atoms with van der Waals surface area (Å²) in [6.45, 7) is 0. The Balaban J connectivity index is 1.76. The fraction of sp³-hybridized carbons (Fsp3) is 0.312. The zero-order valence-corrected chi connectivity index (χ0v) is 11.4. The monoisotopic (exact) mass is 253 g/mol. The molecule has 3 nitrogen and oxygen atoms in total. The molecule has 0 spiro atoms. The molecule has 1 aliphatic rings. The number of nitrogens with zero attached hydrogens (tertiary/aromatic N) is 1. The molecule has 1 fully saturated rings. The molecule has 0 unspecified atom stereocenters. The summed E-state index contributed by atoms with van der Waals surface area (Å²) in [5, 5.41) is 9.12. The summed E-state index contributed by atoms with van der Waals surface area (Å²) in [6.07, 6.45) is 1.18. The van der Waals surface area contributed by atoms with Crippen LogP contribution in [-0.2, 0) is 0 Å². The number of aliphatic imine (C=N–C) groups is 1. The van der Waals surface area contributed by atoms with Crippen LogP contribution in [0.15, 0.2) is 47.5 Å². The van der Waals surface area contributed by atoms with Crippen molar-refractivity contribution >= 4 is 16.7 Å². The Kier molecular flexibility index (Phi) is 3.11. The highest BCUT2D eigenvalue weighted by Crippen LogP contribution is 2.41. The number of nitrogens with one attached hydrogen (secondary N) is 2. The molecule has 0 aliphatic heterocycles. The van der Waals surface area contributed by atoms with Gasteiger partial charge in [0.15, 0.2) is 5.96 Å². The molecule has 3 heteroatoms. The first-order valence-electron chi connectivity index (χ1n) is 6.71. The molecule has 3 rings (SSSR count). The van der Waals surface area contributed by atoms with Crippen molar-refractivity contribution in [2.24, 2.45) is 4.99 Å². The van der Waals surface area contributed by atoms with Crippen LogP contribution in [0.2, 0.25) is 0 Å². The van der Waals surface area contributed by atoms with Crippen LogP contribution in [0.25, 0.3) is 10.8 Å². The molecule has 0 bridgehead atoms. The minimum atomic E-state index is 0.507. The average molecular weight is 253 g/mol. The van der Waals surface area contributed by atoms with Crippen molar-refractivity contribution in [2.75, 3.05) is 14.1 Å². The topological polar surface area (TPSA) is 36.4 Å². The van der Waals surface area contributed by atoms with Crippen LogP contribution >= 0.6 is 0 Å². The molecule has 98 valence electrons. The summed E-state index contributed by atoms with van der Waals surface area (Å²) in [6, 6.07) is 15.8. The van der Waals surface area contributed by atoms with E-state index in [1.807, 2.05) is 7.05 Å². The second-order valence-electron chi connectivity index (χ2n) is 5.02. The lowest BCUT2D eigenvalue weighted by molar-refractivity contribution is 0.832. The molecule has 0 radical (unpaired) electrons. The third-order valence-electron chi connectivity index (χ3n) is 3.77. The summed E-state index contributed by atoms with van der Waals surface area (Å²) < 4.78 is 0. The van der Waals surface area contributed by atoms with Crippen LogP contribution in [0.3, 0.4) is 0 Å². The number of hydrogen-bond acceptors (Lipinski definition) is 1. The molecular weight excluding hydrogens is 234 g/mol. The second kappa shape index (κ2) is 4.92. The molecular formula is C16H19N3. The van der Waals surface area contributed by atoms with E-state index in [2.05, 4.69) is 58.1 Å². The van der Waals surface area contributed by atoms with Crippen LogP contribution in [0, 0.1) is 0 Å². The van der Waals surface area contributed by atoms with E-state index in [4.69, 9.17) is 0 Å². The van der Waals surface area contributed by atoms with Crippen LogP contribution in [0.5, 0.6) is 0 Å². The Bertz CT molecular complexity index is 618. The van der Waals surface area contributed by atoms with Gasteiger partial charge >= 0.3 is 0 Å². The first-order chi connectivity index (χ1) is 9.31. The van der Waals surface area contributed by atoms with E-state index in [0.29, 0.717) is 12.0 Å². The predicted octanol–water partition coefficient (Wildman–Crippen LogP) is 2.49. The van der Waals surface area contributed by atoms with Crippen molar-refractivity contribution < 1.29 is 0 Å². The highest BCUT2D eigenvalue weighted by molar-refractivity contribution is 5.83. The van der Waals surface area contributed by atoms with Crippen LogP contribution in [0.1, 0.15) is 17.9 Å². The van der Waals surface area contributed by atoms with Crippen LogP contribution in [0.4, 0.5) is 0 Å². The number of rotatable bonds is 2. The van der Waals surface area contributed by atoms with Crippen molar-refractivity contribution in [3.63, 3.8) is 0 Å². The average Bonchev–Trinajstić information content (AvgIpc) is 3.23. The van der Waals surface area contributed by atoms with Gasteiger partial charge in [-0.1, -0.05) is 42.5 Å². The summed E-state index contributed by atoms with van der Waals surface area (Å²) in [5.41, 5.74) is 1.42. The van der Waals surface area contributed by atoms with E-state index in [1.54, 1.807) is 7.05 Å². The van der Waals surface area contributed by atoms with E-state index < -0.39 is 0 Å². The molecule has 0 saturated heterocycles. The number of hydrogen-bond donors (Lipinski definition) is 2. The molecule has 2 aromatic carbocycles. The number of benzene rings is 2. The Labute approximate surface area is 113 Å². The third-order valence-corrected chi connectivity index (χ3v) is 3.77. The maximum absolute atomic E-state index is 4.16. The molecule has 2 aromatic rings. The van der Waals surface area contributed by atoms with E-state index >= 15 is 0 Å². The standard InChI is InChI=1S/C16H19N3/c1-17-16(18-2)19-15-10-14(15)13-8-7-11-5-3-4-6-12(11)9-13/h3-9,14-15H,10H2,1-2H3,(H2,17,18,19)/t14-,15+/m0/s1. The van der Waals surface area contributed by atoms with Gasteiger partial charge in [0.25, 0.3) is 0 Å². The normalized spacial score (nSPS) is 22.3. The zero-order chi connectivity index (χ0) is 13.2. The Morgan fingerprint density at radius 3 is 2.68 bits per heavy atom. The highest BCUT2D eigenvalue weighted by atomic mass is 15.2. The highest BCUT2D eigenvalue weighted by Gasteiger charge is 2.38. The lowest BCUT2D eigenvalue weighted by Crippen LogP contribution is -2.36. The molecule has 2 N–H and O–H groups in total. The molecule has 1 aliphatic carbocycles. The predicted molar refractivity (Wildman–Crippen MR) is 80.6 cm³/mol. The maximum Gasteiger partial charge on any atom is 0.190 e. The summed E-state index contributed by atoms with van der Waals surface area (Å²) >= 11 is 0. The molecule has 0 amide bonds. The van der Waals surface area contributed by atoms with Crippen molar-refractivity contribution in [1.29, 1.82) is 0 Å². The molecule has 0 heterocycles. The lowest BCUT2D eigenvalue weighted by Gasteiger charge is -2.08. The molecule has 1 saturated carbocycles. The van der Waals surface area contributed by atoms with Gasteiger partial charge in [0.1, 0.15) is 0 Å². The van der Waals surface area contributed by atoms with E-state index in [1.165, 1.54) is 22.8 Å². The van der Waals surface area contributed by atoms with Gasteiger partial charge in [0.05, 0.1) is 0 Å². The smallest absolute Gasteiger partial charge is 0.190 e. The third kappa shape index (κ3) is 2.41. The molecule has 0 aromatic heterocycles. The number of guanidine groups is 1. The van der Waals surface area contributed by atoms with E-state index in [-0.39, 0.29) is 0 Å². The number of fused-ring (bicyclic) bond motifs is 1. The van der Waals surface area contributed by atoms with E-state index in [0.717, 1.165) is 5.96 Å². The van der Waals surface area contributed by atoms with Crippen molar-refractivity contribution in [2.45, 2.75) is 18.4 Å². The Morgan fingerprint density at radius 2 is 1.95 bits per heavy atom. The zero-order valence-electron chi connectivity index (χ0n) is 11.4. The quantitative estimate of drug-likeness (QED) is 0.637. The molecule has 19 heavy (non-hydrogen) atoms. The van der Waals surface area contributed by atoms with Gasteiger partial charge in [0.2, 0.25) is 0 Å². The van der Waals surface area contributed by atoms with Gasteiger partial charge in [-0.15, -0.1) is 0 Å². The van der Waals surface area contributed by atoms with Crippen molar-refractivity contribution in [3.05, 3.63) is 48.0 Å².